The summed E-state index contributed by atoms with van der Waals surface area (Å²) in [6.07, 6.45) is -4.47. The minimum absolute atomic E-state index is 0.0525. The molecule has 0 N–H and O–H groups in total. The zero-order valence-corrected chi connectivity index (χ0v) is 10.8. The molecule has 1 aromatic heterocycles. The highest BCUT2D eigenvalue weighted by atomic mass is 19.4. The summed E-state index contributed by atoms with van der Waals surface area (Å²) in [6.45, 7) is -1.98. The van der Waals surface area contributed by atoms with Gasteiger partial charge >= 0.3 is 6.18 Å². The Morgan fingerprint density at radius 2 is 2.05 bits per heavy atom. The highest BCUT2D eigenvalue weighted by molar-refractivity contribution is 5.83. The molecule has 20 heavy (non-hydrogen) atoms. The van der Waals surface area contributed by atoms with Gasteiger partial charge in [0.25, 0.3) is 0 Å². The number of alkyl halides is 3. The summed E-state index contributed by atoms with van der Waals surface area (Å²) >= 11 is 0. The molecule has 0 saturated heterocycles. The third kappa shape index (κ3) is 3.57. The Bertz CT molecular complexity index is 620. The van der Waals surface area contributed by atoms with Crippen LogP contribution in [0.1, 0.15) is 5.82 Å². The molecule has 0 unspecified atom stereocenters. The maximum absolute atomic E-state index is 11.9. The summed E-state index contributed by atoms with van der Waals surface area (Å²) in [5.74, 6) is 0.0689. The van der Waals surface area contributed by atoms with E-state index in [9.17, 15) is 18.0 Å². The van der Waals surface area contributed by atoms with Gasteiger partial charge in [-0.3, -0.25) is 4.79 Å². The SMILES string of the molecule is Cn1c(CC(=O)COCC(F)(F)F)nc2ccccc21. The molecule has 1 aromatic carbocycles. The molecule has 0 aliphatic rings. The van der Waals surface area contributed by atoms with Gasteiger partial charge in [0.15, 0.2) is 5.78 Å². The molecule has 0 fully saturated rings. The minimum Gasteiger partial charge on any atom is -0.364 e. The van der Waals surface area contributed by atoms with Crippen LogP contribution < -0.4 is 0 Å². The maximum Gasteiger partial charge on any atom is 0.411 e. The van der Waals surface area contributed by atoms with E-state index in [-0.39, 0.29) is 6.42 Å². The van der Waals surface area contributed by atoms with Crippen LogP contribution in [0.4, 0.5) is 13.2 Å². The number of ether oxygens (including phenoxy) is 1. The number of aryl methyl sites for hydroxylation is 1. The second-order valence-corrected chi connectivity index (χ2v) is 4.40. The first-order valence-corrected chi connectivity index (χ1v) is 5.93. The van der Waals surface area contributed by atoms with Crippen molar-refractivity contribution in [3.05, 3.63) is 30.1 Å². The molecule has 0 atom stereocenters. The number of halogens is 3. The van der Waals surface area contributed by atoms with E-state index in [1.165, 1.54) is 0 Å². The number of nitrogens with zero attached hydrogens (tertiary/aromatic N) is 2. The fourth-order valence-corrected chi connectivity index (χ4v) is 1.86. The van der Waals surface area contributed by atoms with Crippen molar-refractivity contribution in [1.29, 1.82) is 0 Å². The zero-order valence-electron chi connectivity index (χ0n) is 10.8. The lowest BCUT2D eigenvalue weighted by Crippen LogP contribution is -2.21. The Morgan fingerprint density at radius 1 is 1.35 bits per heavy atom. The summed E-state index contributed by atoms with van der Waals surface area (Å²) < 4.78 is 41.7. The van der Waals surface area contributed by atoms with Crippen LogP contribution in [0.3, 0.4) is 0 Å². The number of rotatable bonds is 5. The van der Waals surface area contributed by atoms with Gasteiger partial charge in [0.2, 0.25) is 0 Å². The van der Waals surface area contributed by atoms with E-state index in [2.05, 4.69) is 9.72 Å². The second-order valence-electron chi connectivity index (χ2n) is 4.40. The number of aromatic nitrogens is 2. The Morgan fingerprint density at radius 3 is 2.70 bits per heavy atom. The van der Waals surface area contributed by atoms with Gasteiger partial charge in [0.1, 0.15) is 19.0 Å². The first-order valence-electron chi connectivity index (χ1n) is 5.93. The van der Waals surface area contributed by atoms with E-state index >= 15 is 0 Å². The van der Waals surface area contributed by atoms with E-state index in [0.717, 1.165) is 11.0 Å². The first kappa shape index (κ1) is 14.5. The normalized spacial score (nSPS) is 12.0. The quantitative estimate of drug-likeness (QED) is 0.847. The van der Waals surface area contributed by atoms with Crippen LogP contribution in [0.5, 0.6) is 0 Å². The van der Waals surface area contributed by atoms with Crippen molar-refractivity contribution >= 4 is 16.8 Å². The van der Waals surface area contributed by atoms with E-state index in [1.807, 2.05) is 24.3 Å². The molecular formula is C13H13F3N2O2. The van der Waals surface area contributed by atoms with Gasteiger partial charge in [-0.25, -0.2) is 4.98 Å². The van der Waals surface area contributed by atoms with Crippen LogP contribution in [0.25, 0.3) is 11.0 Å². The van der Waals surface area contributed by atoms with Crippen molar-refractivity contribution in [3.63, 3.8) is 0 Å². The number of benzene rings is 1. The molecular weight excluding hydrogens is 273 g/mol. The maximum atomic E-state index is 11.9. The molecule has 0 aliphatic carbocycles. The van der Waals surface area contributed by atoms with Gasteiger partial charge in [-0.2, -0.15) is 13.2 Å². The average Bonchev–Trinajstić information content (AvgIpc) is 2.65. The lowest BCUT2D eigenvalue weighted by atomic mass is 10.3. The van der Waals surface area contributed by atoms with Crippen molar-refractivity contribution in [1.82, 2.24) is 9.55 Å². The van der Waals surface area contributed by atoms with Crippen molar-refractivity contribution in [2.45, 2.75) is 12.6 Å². The summed E-state index contributed by atoms with van der Waals surface area (Å²) in [4.78, 5) is 15.9. The molecule has 2 aromatic rings. The van der Waals surface area contributed by atoms with Crippen molar-refractivity contribution in [2.75, 3.05) is 13.2 Å². The Balaban J connectivity index is 1.98. The second kappa shape index (κ2) is 5.62. The monoisotopic (exact) mass is 286 g/mol. The molecule has 0 saturated carbocycles. The van der Waals surface area contributed by atoms with Crippen molar-refractivity contribution in [3.8, 4) is 0 Å². The Labute approximate surface area is 113 Å². The van der Waals surface area contributed by atoms with Gasteiger partial charge in [-0.05, 0) is 12.1 Å². The largest absolute Gasteiger partial charge is 0.411 e. The molecule has 1 heterocycles. The number of carbonyl (C=O) groups excluding carboxylic acids is 1. The summed E-state index contributed by atoms with van der Waals surface area (Å²) in [6, 6.07) is 7.34. The number of fused-ring (bicyclic) bond motifs is 1. The standard InChI is InChI=1S/C13H13F3N2O2/c1-18-11-5-3-2-4-10(11)17-12(18)6-9(19)7-20-8-13(14,15)16/h2-5H,6-8H2,1H3. The molecule has 0 radical (unpaired) electrons. The molecule has 4 nitrogen and oxygen atoms in total. The van der Waals surface area contributed by atoms with Crippen LogP contribution in [0.2, 0.25) is 0 Å². The van der Waals surface area contributed by atoms with Gasteiger partial charge in [0.05, 0.1) is 17.5 Å². The van der Waals surface area contributed by atoms with Crippen molar-refractivity contribution in [2.24, 2.45) is 7.05 Å². The summed E-state index contributed by atoms with van der Waals surface area (Å²) in [5, 5.41) is 0. The molecule has 0 aliphatic heterocycles. The lowest BCUT2D eigenvalue weighted by molar-refractivity contribution is -0.175. The van der Waals surface area contributed by atoms with Gasteiger partial charge < -0.3 is 9.30 Å². The van der Waals surface area contributed by atoms with E-state index < -0.39 is 25.2 Å². The van der Waals surface area contributed by atoms with Crippen LogP contribution in [-0.2, 0) is 23.0 Å². The van der Waals surface area contributed by atoms with Crippen LogP contribution in [0, 0.1) is 0 Å². The topological polar surface area (TPSA) is 44.1 Å². The zero-order chi connectivity index (χ0) is 14.8. The van der Waals surface area contributed by atoms with Gasteiger partial charge in [-0.1, -0.05) is 12.1 Å². The highest BCUT2D eigenvalue weighted by Crippen LogP contribution is 2.16. The molecule has 0 bridgehead atoms. The van der Waals surface area contributed by atoms with E-state index in [0.29, 0.717) is 5.82 Å². The fourth-order valence-electron chi connectivity index (χ4n) is 1.86. The number of imidazole rings is 1. The Kier molecular flexibility index (Phi) is 4.08. The van der Waals surface area contributed by atoms with Gasteiger partial charge in [0, 0.05) is 7.05 Å². The number of hydrogen-bond acceptors (Lipinski definition) is 3. The molecule has 7 heteroatoms. The van der Waals surface area contributed by atoms with E-state index in [4.69, 9.17) is 0 Å². The highest BCUT2D eigenvalue weighted by Gasteiger charge is 2.27. The third-order valence-corrected chi connectivity index (χ3v) is 2.76. The number of hydrogen-bond donors (Lipinski definition) is 0. The number of carbonyl (C=O) groups is 1. The summed E-state index contributed by atoms with van der Waals surface area (Å²) in [5.41, 5.74) is 1.61. The molecule has 108 valence electrons. The molecule has 2 rings (SSSR count). The van der Waals surface area contributed by atoms with Crippen LogP contribution >= 0.6 is 0 Å². The van der Waals surface area contributed by atoms with Gasteiger partial charge in [-0.15, -0.1) is 0 Å². The van der Waals surface area contributed by atoms with E-state index in [1.54, 1.807) is 11.6 Å². The fraction of sp³-hybridized carbons (Fsp3) is 0.385. The van der Waals surface area contributed by atoms with Crippen molar-refractivity contribution < 1.29 is 22.7 Å². The van der Waals surface area contributed by atoms with Crippen LogP contribution in [-0.4, -0.2) is 34.7 Å². The third-order valence-electron chi connectivity index (χ3n) is 2.76. The smallest absolute Gasteiger partial charge is 0.364 e. The number of ketones is 1. The predicted molar refractivity (Wildman–Crippen MR) is 66.3 cm³/mol. The lowest BCUT2D eigenvalue weighted by Gasteiger charge is -2.07. The minimum atomic E-state index is -4.42. The average molecular weight is 286 g/mol. The first-order chi connectivity index (χ1) is 9.37. The summed E-state index contributed by atoms with van der Waals surface area (Å²) in [7, 11) is 1.76. The molecule has 0 amide bonds. The molecule has 0 spiro atoms. The van der Waals surface area contributed by atoms with Crippen LogP contribution in [0.15, 0.2) is 24.3 Å². The number of Topliss-reactive ketones (excluding diaryl/α,β-unsaturated/α-hetero) is 1. The predicted octanol–water partition coefficient (Wildman–Crippen LogP) is 2.26. The number of para-hydroxylation sites is 2. The Hall–Kier alpha value is -1.89.